The highest BCUT2D eigenvalue weighted by atomic mass is 15.3. The van der Waals surface area contributed by atoms with Crippen molar-refractivity contribution in [2.75, 3.05) is 13.1 Å². The Kier molecular flexibility index (Phi) is 2.92. The number of rotatable bonds is 3. The number of hydrogen-bond donors (Lipinski definition) is 1. The Labute approximate surface area is 111 Å². The molecule has 3 aliphatic carbocycles. The zero-order valence-corrected chi connectivity index (χ0v) is 11.8. The fourth-order valence-corrected chi connectivity index (χ4v) is 5.06. The highest BCUT2D eigenvalue weighted by Crippen LogP contribution is 2.48. The maximum absolute atomic E-state index is 3.84. The van der Waals surface area contributed by atoms with Gasteiger partial charge >= 0.3 is 0 Å². The molecule has 1 N–H and O–H groups in total. The Balaban J connectivity index is 1.48. The summed E-state index contributed by atoms with van der Waals surface area (Å²) in [6, 6.07) is 2.60. The third kappa shape index (κ3) is 1.92. The van der Waals surface area contributed by atoms with Gasteiger partial charge in [-0.15, -0.1) is 0 Å². The third-order valence-electron chi connectivity index (χ3n) is 6.28. The van der Waals surface area contributed by atoms with Crippen LogP contribution in [0.2, 0.25) is 0 Å². The monoisotopic (exact) mass is 248 g/mol. The highest BCUT2D eigenvalue weighted by Gasteiger charge is 2.46. The van der Waals surface area contributed by atoms with Gasteiger partial charge in [-0.3, -0.25) is 4.90 Å². The van der Waals surface area contributed by atoms with E-state index < -0.39 is 0 Å². The first kappa shape index (κ1) is 11.7. The molecule has 3 saturated carbocycles. The first-order chi connectivity index (χ1) is 8.85. The predicted molar refractivity (Wildman–Crippen MR) is 74.5 cm³/mol. The number of nitrogens with zero attached hydrogens (tertiary/aromatic N) is 1. The molecule has 0 amide bonds. The van der Waals surface area contributed by atoms with Crippen molar-refractivity contribution in [3.8, 4) is 0 Å². The van der Waals surface area contributed by atoms with Crippen LogP contribution in [0.15, 0.2) is 0 Å². The van der Waals surface area contributed by atoms with Crippen LogP contribution in [-0.4, -0.2) is 36.1 Å². The molecule has 18 heavy (non-hydrogen) atoms. The smallest absolute Gasteiger partial charge is 0.0224 e. The van der Waals surface area contributed by atoms with Crippen molar-refractivity contribution in [2.45, 2.75) is 70.0 Å². The lowest BCUT2D eigenvalue weighted by Crippen LogP contribution is -2.60. The maximum Gasteiger partial charge on any atom is 0.0224 e. The second-order valence-electron chi connectivity index (χ2n) is 7.35. The molecule has 5 unspecified atom stereocenters. The normalized spacial score (nSPS) is 48.8. The first-order valence-corrected chi connectivity index (χ1v) is 8.34. The summed E-state index contributed by atoms with van der Waals surface area (Å²) in [7, 11) is 0. The van der Waals surface area contributed by atoms with E-state index in [0.29, 0.717) is 0 Å². The summed E-state index contributed by atoms with van der Waals surface area (Å²) in [5, 5.41) is 3.84. The lowest BCUT2D eigenvalue weighted by molar-refractivity contribution is 0.0466. The fraction of sp³-hybridized carbons (Fsp3) is 1.00. The van der Waals surface area contributed by atoms with Crippen molar-refractivity contribution in [1.29, 1.82) is 0 Å². The van der Waals surface area contributed by atoms with Crippen molar-refractivity contribution in [2.24, 2.45) is 17.8 Å². The molecule has 2 bridgehead atoms. The van der Waals surface area contributed by atoms with Gasteiger partial charge < -0.3 is 5.32 Å². The van der Waals surface area contributed by atoms with Gasteiger partial charge in [-0.2, -0.15) is 0 Å². The Hall–Kier alpha value is -0.0800. The van der Waals surface area contributed by atoms with Crippen molar-refractivity contribution >= 4 is 0 Å². The predicted octanol–water partition coefficient (Wildman–Crippen LogP) is 2.64. The average Bonchev–Trinajstić information content (AvgIpc) is 3.06. The van der Waals surface area contributed by atoms with E-state index in [1.807, 2.05) is 0 Å². The molecule has 1 heterocycles. The van der Waals surface area contributed by atoms with Crippen molar-refractivity contribution < 1.29 is 0 Å². The molecule has 4 fully saturated rings. The number of piperazine rings is 1. The second-order valence-corrected chi connectivity index (χ2v) is 7.35. The minimum atomic E-state index is 0.823. The third-order valence-corrected chi connectivity index (χ3v) is 6.28. The van der Waals surface area contributed by atoms with Crippen LogP contribution in [0.25, 0.3) is 0 Å². The minimum Gasteiger partial charge on any atom is -0.311 e. The highest BCUT2D eigenvalue weighted by molar-refractivity contribution is 5.01. The Bertz CT molecular complexity index is 312. The summed E-state index contributed by atoms with van der Waals surface area (Å²) in [6.07, 6.45) is 10.5. The van der Waals surface area contributed by atoms with E-state index >= 15 is 0 Å². The van der Waals surface area contributed by atoms with Crippen LogP contribution in [0.4, 0.5) is 0 Å². The quantitative estimate of drug-likeness (QED) is 0.826. The van der Waals surface area contributed by atoms with E-state index in [2.05, 4.69) is 17.1 Å². The van der Waals surface area contributed by atoms with E-state index in [-0.39, 0.29) is 0 Å². The van der Waals surface area contributed by atoms with Gasteiger partial charge in [-0.05, 0) is 56.3 Å². The number of fused-ring (bicyclic) bond motifs is 2. The SMILES string of the molecule is CCC1CNC(C2CC2)CN1C1CC2CCC1C2. The number of nitrogens with one attached hydrogen (secondary N) is 1. The van der Waals surface area contributed by atoms with Crippen molar-refractivity contribution in [3.05, 3.63) is 0 Å². The van der Waals surface area contributed by atoms with Crippen molar-refractivity contribution in [1.82, 2.24) is 10.2 Å². The van der Waals surface area contributed by atoms with Gasteiger partial charge in [-0.1, -0.05) is 13.3 Å². The molecule has 4 aliphatic rings. The van der Waals surface area contributed by atoms with Crippen LogP contribution < -0.4 is 5.32 Å². The van der Waals surface area contributed by atoms with E-state index in [9.17, 15) is 0 Å². The molecular weight excluding hydrogens is 220 g/mol. The van der Waals surface area contributed by atoms with E-state index in [4.69, 9.17) is 0 Å². The largest absolute Gasteiger partial charge is 0.311 e. The van der Waals surface area contributed by atoms with Gasteiger partial charge in [0, 0.05) is 31.2 Å². The number of hydrogen-bond acceptors (Lipinski definition) is 2. The van der Waals surface area contributed by atoms with Gasteiger partial charge in [0.25, 0.3) is 0 Å². The van der Waals surface area contributed by atoms with Gasteiger partial charge in [0.15, 0.2) is 0 Å². The molecule has 102 valence electrons. The van der Waals surface area contributed by atoms with Crippen molar-refractivity contribution in [3.63, 3.8) is 0 Å². The summed E-state index contributed by atoms with van der Waals surface area (Å²) in [6.45, 7) is 4.99. The lowest BCUT2D eigenvalue weighted by atomic mass is 9.90. The molecule has 1 aliphatic heterocycles. The summed E-state index contributed by atoms with van der Waals surface area (Å²) in [5.41, 5.74) is 0. The zero-order chi connectivity index (χ0) is 12.1. The second kappa shape index (κ2) is 4.49. The van der Waals surface area contributed by atoms with Gasteiger partial charge in [0.1, 0.15) is 0 Å². The Morgan fingerprint density at radius 3 is 2.50 bits per heavy atom. The summed E-state index contributed by atoms with van der Waals surface area (Å²) in [5.74, 6) is 3.16. The summed E-state index contributed by atoms with van der Waals surface area (Å²) >= 11 is 0. The van der Waals surface area contributed by atoms with Gasteiger partial charge in [-0.25, -0.2) is 0 Å². The van der Waals surface area contributed by atoms with E-state index in [1.54, 1.807) is 6.42 Å². The Morgan fingerprint density at radius 1 is 1.06 bits per heavy atom. The van der Waals surface area contributed by atoms with Gasteiger partial charge in [0.05, 0.1) is 0 Å². The summed E-state index contributed by atoms with van der Waals surface area (Å²) < 4.78 is 0. The molecular formula is C16H28N2. The van der Waals surface area contributed by atoms with Crippen LogP contribution in [0, 0.1) is 17.8 Å². The van der Waals surface area contributed by atoms with Crippen LogP contribution in [0.5, 0.6) is 0 Å². The molecule has 0 radical (unpaired) electrons. The minimum absolute atomic E-state index is 0.823. The van der Waals surface area contributed by atoms with Crippen LogP contribution in [0.3, 0.4) is 0 Å². The molecule has 5 atom stereocenters. The zero-order valence-electron chi connectivity index (χ0n) is 11.8. The average molecular weight is 248 g/mol. The van der Waals surface area contributed by atoms with Gasteiger partial charge in [0.2, 0.25) is 0 Å². The fourth-order valence-electron chi connectivity index (χ4n) is 5.06. The molecule has 2 heteroatoms. The molecule has 4 rings (SSSR count). The molecule has 0 spiro atoms. The molecule has 1 saturated heterocycles. The Morgan fingerprint density at radius 2 is 1.89 bits per heavy atom. The summed E-state index contributed by atoms with van der Waals surface area (Å²) in [4.78, 5) is 2.95. The van der Waals surface area contributed by atoms with E-state index in [0.717, 1.165) is 35.9 Å². The molecule has 0 aromatic rings. The molecule has 0 aromatic heterocycles. The first-order valence-electron chi connectivity index (χ1n) is 8.34. The van der Waals surface area contributed by atoms with E-state index in [1.165, 1.54) is 51.6 Å². The molecule has 0 aromatic carbocycles. The standard InChI is InChI=1S/C16H28N2/c1-2-14-9-17-15(12-5-6-12)10-18(14)16-8-11-3-4-13(16)7-11/h11-17H,2-10H2,1H3. The maximum atomic E-state index is 3.84. The van der Waals surface area contributed by atoms with Crippen LogP contribution in [-0.2, 0) is 0 Å². The topological polar surface area (TPSA) is 15.3 Å². The van der Waals surface area contributed by atoms with Crippen LogP contribution >= 0.6 is 0 Å². The van der Waals surface area contributed by atoms with Crippen LogP contribution in [0.1, 0.15) is 51.9 Å². The molecule has 2 nitrogen and oxygen atoms in total. The lowest BCUT2D eigenvalue weighted by Gasteiger charge is -2.46.